The van der Waals surface area contributed by atoms with Crippen LogP contribution < -0.4 is 14.4 Å². The van der Waals surface area contributed by atoms with Gasteiger partial charge in [-0.1, -0.05) is 6.92 Å². The van der Waals surface area contributed by atoms with E-state index in [1.54, 1.807) is 29.0 Å². The molecule has 22 heavy (non-hydrogen) atoms. The van der Waals surface area contributed by atoms with Gasteiger partial charge in [0.1, 0.15) is 17.7 Å². The number of hydrogen-bond donors (Lipinski definition) is 1. The molecule has 2 heterocycles. The van der Waals surface area contributed by atoms with Crippen molar-refractivity contribution >= 4 is 0 Å². The van der Waals surface area contributed by atoms with Gasteiger partial charge in [0.05, 0.1) is 5.56 Å². The number of phenols is 1. The summed E-state index contributed by atoms with van der Waals surface area (Å²) in [6, 6.07) is 8.78. The molecule has 0 unspecified atom stereocenters. The molecule has 0 saturated heterocycles. The number of pyridine rings is 1. The van der Waals surface area contributed by atoms with Crippen LogP contribution in [0.15, 0.2) is 24.4 Å². The third-order valence-corrected chi connectivity index (χ3v) is 3.68. The molecule has 1 atom stereocenters. The van der Waals surface area contributed by atoms with E-state index in [2.05, 4.69) is 0 Å². The fourth-order valence-corrected chi connectivity index (χ4v) is 2.64. The van der Waals surface area contributed by atoms with E-state index in [9.17, 15) is 10.2 Å². The first-order valence-corrected chi connectivity index (χ1v) is 6.71. The summed E-state index contributed by atoms with van der Waals surface area (Å²) in [4.78, 5) is 0. The van der Waals surface area contributed by atoms with Crippen molar-refractivity contribution in [3.63, 3.8) is 0 Å². The maximum absolute atomic E-state index is 12.5. The fraction of sp³-hybridized carbons (Fsp3) is 0.188. The molecule has 6 heteroatoms. The molecule has 1 aromatic carbocycles. The first-order chi connectivity index (χ1) is 10.6. The molecule has 0 radical (unpaired) electrons. The lowest BCUT2D eigenvalue weighted by Gasteiger charge is -2.26. The zero-order valence-corrected chi connectivity index (χ0v) is 11.7. The van der Waals surface area contributed by atoms with Crippen molar-refractivity contribution in [3.05, 3.63) is 41.2 Å². The Morgan fingerprint density at radius 2 is 2.05 bits per heavy atom. The zero-order valence-electron chi connectivity index (χ0n) is 11.7. The van der Waals surface area contributed by atoms with Crippen LogP contribution in [0.4, 0.5) is 0 Å². The van der Waals surface area contributed by atoms with Gasteiger partial charge >= 0.3 is 0 Å². The van der Waals surface area contributed by atoms with E-state index in [1.807, 2.05) is 19.1 Å². The molecule has 108 valence electrons. The van der Waals surface area contributed by atoms with Gasteiger partial charge in [-0.2, -0.15) is 15.1 Å². The number of fused-ring (bicyclic) bond motifs is 3. The summed E-state index contributed by atoms with van der Waals surface area (Å²) in [6.07, 6.45) is 1.95. The van der Waals surface area contributed by atoms with Gasteiger partial charge in [0.15, 0.2) is 18.1 Å². The zero-order chi connectivity index (χ0) is 15.9. The minimum absolute atomic E-state index is 0.0453. The van der Waals surface area contributed by atoms with E-state index in [0.717, 1.165) is 5.69 Å². The lowest BCUT2D eigenvalue weighted by atomic mass is 10.0. The molecule has 2 aromatic rings. The van der Waals surface area contributed by atoms with Crippen LogP contribution in [-0.4, -0.2) is 5.11 Å². The van der Waals surface area contributed by atoms with Gasteiger partial charge in [-0.25, -0.2) is 0 Å². The maximum Gasteiger partial charge on any atom is 0.250 e. The molecule has 3 rings (SSSR count). The number of nitrogens with zero attached hydrogens (tertiary/aromatic N) is 3. The predicted octanol–water partition coefficient (Wildman–Crippen LogP) is 1.33. The number of phenolic OH excluding ortho intramolecular Hbond substituents is 1. The number of rotatable bonds is 1. The molecule has 1 N–H and O–H groups in total. The summed E-state index contributed by atoms with van der Waals surface area (Å²) in [5.41, 5.74) is 0.0941. The molecule has 1 aliphatic rings. The predicted molar refractivity (Wildman–Crippen MR) is 72.2 cm³/mol. The molecule has 0 aliphatic carbocycles. The Balaban J connectivity index is 2.44. The van der Waals surface area contributed by atoms with Crippen molar-refractivity contribution in [2.24, 2.45) is 0 Å². The quantitative estimate of drug-likeness (QED) is 0.799. The Bertz CT molecular complexity index is 862. The van der Waals surface area contributed by atoms with Gasteiger partial charge < -0.3 is 14.9 Å². The summed E-state index contributed by atoms with van der Waals surface area (Å²) in [7, 11) is 0. The molecular formula is C16H11N3O3. The minimum Gasteiger partial charge on any atom is -0.867 e. The Labute approximate surface area is 126 Å². The lowest BCUT2D eigenvalue weighted by Crippen LogP contribution is -2.42. The number of nitriles is 2. The average Bonchev–Trinajstić information content (AvgIpc) is 2.56. The summed E-state index contributed by atoms with van der Waals surface area (Å²) in [5.74, 6) is -1.14. The SMILES string of the molecule is CC[C@@H]1Oc2c(O)c(C#N)c(C#N)c([O-])c2-[n+]2ccccc21. The van der Waals surface area contributed by atoms with Gasteiger partial charge in [-0.3, -0.25) is 0 Å². The standard InChI is InChI=1S/C16H11N3O3/c1-2-12-11-5-3-4-6-19(11)13-14(20)9(7-17)10(8-18)15(21)16(13)22-12/h3-6,12H,2H2,1H3,(H-,20,21)/t12-/m0/s1. The third-order valence-electron chi connectivity index (χ3n) is 3.68. The van der Waals surface area contributed by atoms with Crippen LogP contribution in [0.1, 0.15) is 36.3 Å². The van der Waals surface area contributed by atoms with Crippen molar-refractivity contribution < 1.29 is 19.5 Å². The van der Waals surface area contributed by atoms with Crippen molar-refractivity contribution in [2.75, 3.05) is 0 Å². The van der Waals surface area contributed by atoms with Gasteiger partial charge in [-0.05, 0) is 18.2 Å². The second-order valence-electron chi connectivity index (χ2n) is 4.84. The van der Waals surface area contributed by atoms with Crippen molar-refractivity contribution in [1.82, 2.24) is 0 Å². The molecule has 1 aliphatic heterocycles. The van der Waals surface area contributed by atoms with Crippen LogP contribution in [-0.2, 0) is 0 Å². The van der Waals surface area contributed by atoms with Crippen LogP contribution in [0.25, 0.3) is 5.69 Å². The average molecular weight is 293 g/mol. The first kappa shape index (κ1) is 13.7. The molecule has 6 nitrogen and oxygen atoms in total. The lowest BCUT2D eigenvalue weighted by molar-refractivity contribution is -0.618. The van der Waals surface area contributed by atoms with Crippen LogP contribution in [0.2, 0.25) is 0 Å². The Hall–Kier alpha value is -3.25. The molecule has 0 spiro atoms. The van der Waals surface area contributed by atoms with Crippen molar-refractivity contribution in [1.29, 1.82) is 10.5 Å². The van der Waals surface area contributed by atoms with Crippen LogP contribution in [0.3, 0.4) is 0 Å². The Morgan fingerprint density at radius 1 is 1.32 bits per heavy atom. The van der Waals surface area contributed by atoms with Crippen LogP contribution >= 0.6 is 0 Å². The third kappa shape index (κ3) is 1.68. The number of aromatic hydroxyl groups is 1. The van der Waals surface area contributed by atoms with E-state index in [1.165, 1.54) is 0 Å². The summed E-state index contributed by atoms with van der Waals surface area (Å²) in [5, 5.41) is 41.1. The minimum atomic E-state index is -0.626. The number of benzene rings is 1. The topological polar surface area (TPSA) is 104 Å². The molecule has 0 fully saturated rings. The summed E-state index contributed by atoms with van der Waals surface area (Å²) >= 11 is 0. The monoisotopic (exact) mass is 293 g/mol. The normalized spacial score (nSPS) is 15.0. The van der Waals surface area contributed by atoms with E-state index in [0.29, 0.717) is 6.42 Å². The highest BCUT2D eigenvalue weighted by Gasteiger charge is 2.37. The van der Waals surface area contributed by atoms with Crippen LogP contribution in [0, 0.1) is 22.7 Å². The molecule has 1 aromatic heterocycles. The molecular weight excluding hydrogens is 282 g/mol. The van der Waals surface area contributed by atoms with Gasteiger partial charge in [0, 0.05) is 12.1 Å². The smallest absolute Gasteiger partial charge is 0.250 e. The van der Waals surface area contributed by atoms with Crippen molar-refractivity contribution in [2.45, 2.75) is 19.4 Å². The Morgan fingerprint density at radius 3 is 2.68 bits per heavy atom. The highest BCUT2D eigenvalue weighted by atomic mass is 16.5. The number of ether oxygens (including phenoxy) is 1. The largest absolute Gasteiger partial charge is 0.867 e. The van der Waals surface area contributed by atoms with Crippen LogP contribution in [0.5, 0.6) is 17.2 Å². The van der Waals surface area contributed by atoms with Gasteiger partial charge in [-0.15, -0.1) is 0 Å². The first-order valence-electron chi connectivity index (χ1n) is 6.71. The Kier molecular flexibility index (Phi) is 3.08. The molecule has 0 saturated carbocycles. The highest BCUT2D eigenvalue weighted by molar-refractivity contribution is 5.72. The summed E-state index contributed by atoms with van der Waals surface area (Å²) in [6.45, 7) is 1.91. The van der Waals surface area contributed by atoms with E-state index in [-0.39, 0.29) is 28.7 Å². The van der Waals surface area contributed by atoms with E-state index in [4.69, 9.17) is 15.3 Å². The summed E-state index contributed by atoms with van der Waals surface area (Å²) < 4.78 is 7.34. The van der Waals surface area contributed by atoms with Gasteiger partial charge in [0.25, 0.3) is 5.69 Å². The van der Waals surface area contributed by atoms with E-state index >= 15 is 0 Å². The fourth-order valence-electron chi connectivity index (χ4n) is 2.64. The van der Waals surface area contributed by atoms with E-state index < -0.39 is 11.5 Å². The highest BCUT2D eigenvalue weighted by Crippen LogP contribution is 2.46. The molecule has 0 amide bonds. The number of hydrogen-bond acceptors (Lipinski definition) is 5. The second kappa shape index (κ2) is 4.94. The van der Waals surface area contributed by atoms with Crippen molar-refractivity contribution in [3.8, 4) is 35.1 Å². The van der Waals surface area contributed by atoms with Gasteiger partial charge in [0.2, 0.25) is 11.4 Å². The second-order valence-corrected chi connectivity index (χ2v) is 4.84. The maximum atomic E-state index is 12.5. The number of aromatic nitrogens is 1. The molecule has 0 bridgehead atoms.